The van der Waals surface area contributed by atoms with E-state index in [-0.39, 0.29) is 5.91 Å². The van der Waals surface area contributed by atoms with E-state index in [2.05, 4.69) is 10.3 Å². The summed E-state index contributed by atoms with van der Waals surface area (Å²) in [4.78, 5) is 15.4. The SMILES string of the molecule is O=C(Nc1cncc(F)c1)c1ccc(Cl)cc1. The van der Waals surface area contributed by atoms with Crippen LogP contribution in [0.5, 0.6) is 0 Å². The van der Waals surface area contributed by atoms with Crippen LogP contribution in [0, 0.1) is 5.82 Å². The summed E-state index contributed by atoms with van der Waals surface area (Å²) in [5, 5.41) is 3.08. The summed E-state index contributed by atoms with van der Waals surface area (Å²) in [6.07, 6.45) is 2.44. The van der Waals surface area contributed by atoms with Crippen LogP contribution >= 0.6 is 11.6 Å². The van der Waals surface area contributed by atoms with Gasteiger partial charge < -0.3 is 5.32 Å². The summed E-state index contributed by atoms with van der Waals surface area (Å²) in [5.74, 6) is -0.840. The number of anilines is 1. The van der Waals surface area contributed by atoms with Gasteiger partial charge in [0.15, 0.2) is 0 Å². The van der Waals surface area contributed by atoms with Crippen molar-refractivity contribution in [3.05, 3.63) is 59.1 Å². The summed E-state index contributed by atoms with van der Waals surface area (Å²) >= 11 is 5.71. The van der Waals surface area contributed by atoms with Crippen molar-refractivity contribution in [1.82, 2.24) is 4.98 Å². The highest BCUT2D eigenvalue weighted by molar-refractivity contribution is 6.30. The molecular formula is C12H8ClFN2O. The fourth-order valence-electron chi connectivity index (χ4n) is 1.28. The van der Waals surface area contributed by atoms with E-state index in [1.54, 1.807) is 24.3 Å². The zero-order chi connectivity index (χ0) is 12.3. The van der Waals surface area contributed by atoms with Gasteiger partial charge >= 0.3 is 0 Å². The Morgan fingerprint density at radius 1 is 1.24 bits per heavy atom. The molecule has 0 aliphatic heterocycles. The number of amides is 1. The van der Waals surface area contributed by atoms with Gasteiger partial charge in [-0.3, -0.25) is 9.78 Å². The molecule has 86 valence electrons. The third-order valence-corrected chi connectivity index (χ3v) is 2.32. The molecule has 3 nitrogen and oxygen atoms in total. The molecule has 0 unspecified atom stereocenters. The minimum absolute atomic E-state index is 0.310. The second-order valence-electron chi connectivity index (χ2n) is 3.35. The average molecular weight is 251 g/mol. The highest BCUT2D eigenvalue weighted by Gasteiger charge is 2.06. The van der Waals surface area contributed by atoms with Crippen LogP contribution in [0.2, 0.25) is 5.02 Å². The molecule has 17 heavy (non-hydrogen) atoms. The summed E-state index contributed by atoms with van der Waals surface area (Å²) in [5.41, 5.74) is 0.753. The minimum Gasteiger partial charge on any atom is -0.320 e. The normalized spacial score (nSPS) is 10.0. The Morgan fingerprint density at radius 3 is 2.59 bits per heavy atom. The lowest BCUT2D eigenvalue weighted by molar-refractivity contribution is 0.102. The van der Waals surface area contributed by atoms with Gasteiger partial charge in [-0.25, -0.2) is 4.39 Å². The first-order valence-corrected chi connectivity index (χ1v) is 5.20. The number of nitrogens with one attached hydrogen (secondary N) is 1. The third kappa shape index (κ3) is 3.01. The van der Waals surface area contributed by atoms with Crippen LogP contribution in [0.15, 0.2) is 42.7 Å². The van der Waals surface area contributed by atoms with Crippen LogP contribution in [0.4, 0.5) is 10.1 Å². The average Bonchev–Trinajstić information content (AvgIpc) is 2.29. The summed E-state index contributed by atoms with van der Waals surface area (Å²) in [7, 11) is 0. The van der Waals surface area contributed by atoms with Gasteiger partial charge in [0.25, 0.3) is 5.91 Å². The van der Waals surface area contributed by atoms with E-state index in [1.807, 2.05) is 0 Å². The molecule has 0 aliphatic rings. The third-order valence-electron chi connectivity index (χ3n) is 2.07. The second kappa shape index (κ2) is 4.93. The maximum atomic E-state index is 12.8. The van der Waals surface area contributed by atoms with Crippen LogP contribution in [0.1, 0.15) is 10.4 Å². The Morgan fingerprint density at radius 2 is 1.94 bits per heavy atom. The van der Waals surface area contributed by atoms with Crippen molar-refractivity contribution in [2.24, 2.45) is 0 Å². The molecule has 0 saturated carbocycles. The number of rotatable bonds is 2. The van der Waals surface area contributed by atoms with Crippen LogP contribution in [0.25, 0.3) is 0 Å². The first-order valence-electron chi connectivity index (χ1n) is 4.82. The largest absolute Gasteiger partial charge is 0.320 e. The Labute approximate surface area is 102 Å². The maximum absolute atomic E-state index is 12.8. The number of nitrogens with zero attached hydrogens (tertiary/aromatic N) is 1. The minimum atomic E-state index is -0.501. The number of benzene rings is 1. The van der Waals surface area contributed by atoms with Crippen molar-refractivity contribution >= 4 is 23.2 Å². The van der Waals surface area contributed by atoms with Crippen LogP contribution in [-0.4, -0.2) is 10.9 Å². The van der Waals surface area contributed by atoms with Gasteiger partial charge in [0.1, 0.15) is 5.82 Å². The molecule has 1 aromatic carbocycles. The van der Waals surface area contributed by atoms with E-state index < -0.39 is 5.82 Å². The Hall–Kier alpha value is -1.94. The molecule has 0 atom stereocenters. The number of halogens is 2. The fourth-order valence-corrected chi connectivity index (χ4v) is 1.41. The van der Waals surface area contributed by atoms with E-state index in [4.69, 9.17) is 11.6 Å². The monoisotopic (exact) mass is 250 g/mol. The van der Waals surface area contributed by atoms with Crippen LogP contribution in [0.3, 0.4) is 0 Å². The van der Waals surface area contributed by atoms with Crippen molar-refractivity contribution in [3.63, 3.8) is 0 Å². The van der Waals surface area contributed by atoms with Gasteiger partial charge in [0.2, 0.25) is 0 Å². The molecule has 1 amide bonds. The van der Waals surface area contributed by atoms with Crippen LogP contribution in [-0.2, 0) is 0 Å². The molecule has 0 aliphatic carbocycles. The number of pyridine rings is 1. The van der Waals surface area contributed by atoms with Crippen molar-refractivity contribution in [2.75, 3.05) is 5.32 Å². The molecular weight excluding hydrogens is 243 g/mol. The van der Waals surface area contributed by atoms with Gasteiger partial charge in [0.05, 0.1) is 18.1 Å². The second-order valence-corrected chi connectivity index (χ2v) is 3.79. The number of hydrogen-bond donors (Lipinski definition) is 1. The highest BCUT2D eigenvalue weighted by atomic mass is 35.5. The lowest BCUT2D eigenvalue weighted by Gasteiger charge is -2.04. The Kier molecular flexibility index (Phi) is 3.35. The molecule has 2 rings (SSSR count). The first kappa shape index (κ1) is 11.5. The Balaban J connectivity index is 2.14. The molecule has 0 fully saturated rings. The zero-order valence-electron chi connectivity index (χ0n) is 8.65. The number of hydrogen-bond acceptors (Lipinski definition) is 2. The summed E-state index contributed by atoms with van der Waals surface area (Å²) < 4.78 is 12.8. The summed E-state index contributed by atoms with van der Waals surface area (Å²) in [6, 6.07) is 7.59. The predicted molar refractivity (Wildman–Crippen MR) is 63.6 cm³/mol. The van der Waals surface area contributed by atoms with Gasteiger partial charge in [-0.2, -0.15) is 0 Å². The van der Waals surface area contributed by atoms with Gasteiger partial charge in [-0.1, -0.05) is 11.6 Å². The van der Waals surface area contributed by atoms with Gasteiger partial charge in [-0.15, -0.1) is 0 Å². The van der Waals surface area contributed by atoms with E-state index >= 15 is 0 Å². The first-order chi connectivity index (χ1) is 8.15. The Bertz CT molecular complexity index is 542. The smallest absolute Gasteiger partial charge is 0.255 e. The van der Waals surface area contributed by atoms with Crippen molar-refractivity contribution in [3.8, 4) is 0 Å². The summed E-state index contributed by atoms with van der Waals surface area (Å²) in [6.45, 7) is 0. The molecule has 1 N–H and O–H groups in total. The van der Waals surface area contributed by atoms with Crippen molar-refractivity contribution in [2.45, 2.75) is 0 Å². The molecule has 0 radical (unpaired) electrons. The fraction of sp³-hybridized carbons (Fsp3) is 0. The predicted octanol–water partition coefficient (Wildman–Crippen LogP) is 3.13. The molecule has 0 saturated heterocycles. The topological polar surface area (TPSA) is 42.0 Å². The van der Waals surface area contributed by atoms with Gasteiger partial charge in [-0.05, 0) is 24.3 Å². The molecule has 1 aromatic heterocycles. The van der Waals surface area contributed by atoms with E-state index in [9.17, 15) is 9.18 Å². The number of carbonyl (C=O) groups is 1. The van der Waals surface area contributed by atoms with E-state index in [0.29, 0.717) is 16.3 Å². The van der Waals surface area contributed by atoms with Gasteiger partial charge in [0, 0.05) is 16.7 Å². The molecule has 5 heteroatoms. The van der Waals surface area contributed by atoms with E-state index in [0.717, 1.165) is 6.20 Å². The zero-order valence-corrected chi connectivity index (χ0v) is 9.41. The standard InChI is InChI=1S/C12H8ClFN2O/c13-9-3-1-8(2-4-9)12(17)16-11-5-10(14)6-15-7-11/h1-7H,(H,16,17). The number of carbonyl (C=O) groups excluding carboxylic acids is 1. The highest BCUT2D eigenvalue weighted by Crippen LogP contribution is 2.12. The molecule has 0 bridgehead atoms. The molecule has 2 aromatic rings. The molecule has 0 spiro atoms. The lowest BCUT2D eigenvalue weighted by Crippen LogP contribution is -2.11. The van der Waals surface area contributed by atoms with Crippen LogP contribution < -0.4 is 5.32 Å². The number of aromatic nitrogens is 1. The van der Waals surface area contributed by atoms with E-state index in [1.165, 1.54) is 12.3 Å². The molecule has 1 heterocycles. The quantitative estimate of drug-likeness (QED) is 0.890. The lowest BCUT2D eigenvalue weighted by atomic mass is 10.2. The van der Waals surface area contributed by atoms with Crippen molar-refractivity contribution in [1.29, 1.82) is 0 Å². The van der Waals surface area contributed by atoms with Crippen molar-refractivity contribution < 1.29 is 9.18 Å². The maximum Gasteiger partial charge on any atom is 0.255 e.